The average Bonchev–Trinajstić information content (AvgIpc) is 1.87. The molecule has 0 amide bonds. The van der Waals surface area contributed by atoms with Gasteiger partial charge < -0.3 is 5.11 Å². The Morgan fingerprint density at radius 1 is 1.70 bits per heavy atom. The summed E-state index contributed by atoms with van der Waals surface area (Å²) in [6.07, 6.45) is 2.11. The van der Waals surface area contributed by atoms with E-state index in [-0.39, 0.29) is 5.41 Å². The van der Waals surface area contributed by atoms with Crippen molar-refractivity contribution in [2.24, 2.45) is 5.41 Å². The van der Waals surface area contributed by atoms with Crippen LogP contribution in [0.1, 0.15) is 20.3 Å². The molecule has 60 valence electrons. The second kappa shape index (κ2) is 3.99. The Morgan fingerprint density at radius 3 is 2.50 bits per heavy atom. The van der Waals surface area contributed by atoms with Crippen molar-refractivity contribution in [2.75, 3.05) is 5.88 Å². The second-order valence-electron chi connectivity index (χ2n) is 3.20. The van der Waals surface area contributed by atoms with Crippen LogP contribution in [0, 0.1) is 5.41 Å². The van der Waals surface area contributed by atoms with Crippen LogP contribution in [0.5, 0.6) is 0 Å². The highest BCUT2D eigenvalue weighted by Crippen LogP contribution is 2.23. The fourth-order valence-corrected chi connectivity index (χ4v) is 0.854. The molecule has 10 heavy (non-hydrogen) atoms. The molecular formula is C8H15ClO. The molecule has 0 aromatic heterocycles. The third-order valence-corrected chi connectivity index (χ3v) is 1.85. The molecule has 1 unspecified atom stereocenters. The second-order valence-corrected chi connectivity index (χ2v) is 3.51. The lowest BCUT2D eigenvalue weighted by atomic mass is 9.87. The summed E-state index contributed by atoms with van der Waals surface area (Å²) in [5.41, 5.74) is -0.00565. The summed E-state index contributed by atoms with van der Waals surface area (Å²) < 4.78 is 0. The van der Waals surface area contributed by atoms with Gasteiger partial charge in [0.05, 0.1) is 6.10 Å². The zero-order chi connectivity index (χ0) is 8.20. The van der Waals surface area contributed by atoms with Crippen molar-refractivity contribution in [2.45, 2.75) is 26.4 Å². The van der Waals surface area contributed by atoms with Gasteiger partial charge in [-0.25, -0.2) is 0 Å². The minimum atomic E-state index is -0.408. The van der Waals surface area contributed by atoms with Crippen molar-refractivity contribution in [1.82, 2.24) is 0 Å². The SMILES string of the molecule is C=CC(C)(C)CC(O)CCl. The first-order valence-corrected chi connectivity index (χ1v) is 3.93. The Hall–Kier alpha value is -0.0100. The van der Waals surface area contributed by atoms with Gasteiger partial charge in [-0.05, 0) is 11.8 Å². The van der Waals surface area contributed by atoms with Crippen LogP contribution in [0.25, 0.3) is 0 Å². The van der Waals surface area contributed by atoms with Crippen molar-refractivity contribution in [3.63, 3.8) is 0 Å². The average molecular weight is 163 g/mol. The lowest BCUT2D eigenvalue weighted by Crippen LogP contribution is -2.19. The van der Waals surface area contributed by atoms with Crippen LogP contribution >= 0.6 is 11.6 Å². The van der Waals surface area contributed by atoms with Gasteiger partial charge in [0.25, 0.3) is 0 Å². The van der Waals surface area contributed by atoms with Gasteiger partial charge in [0.2, 0.25) is 0 Å². The lowest BCUT2D eigenvalue weighted by molar-refractivity contribution is 0.151. The summed E-state index contributed by atoms with van der Waals surface area (Å²) in [4.78, 5) is 0. The highest BCUT2D eigenvalue weighted by atomic mass is 35.5. The van der Waals surface area contributed by atoms with Gasteiger partial charge in [0.15, 0.2) is 0 Å². The van der Waals surface area contributed by atoms with Gasteiger partial charge in [0.1, 0.15) is 0 Å². The fourth-order valence-electron chi connectivity index (χ4n) is 0.745. The number of alkyl halides is 1. The van der Waals surface area contributed by atoms with Gasteiger partial charge in [0, 0.05) is 5.88 Å². The molecule has 0 aromatic rings. The Morgan fingerprint density at radius 2 is 2.20 bits per heavy atom. The van der Waals surface area contributed by atoms with Crippen LogP contribution in [0.2, 0.25) is 0 Å². The van der Waals surface area contributed by atoms with E-state index in [1.54, 1.807) is 0 Å². The number of hydrogen-bond acceptors (Lipinski definition) is 1. The minimum absolute atomic E-state index is 0.00565. The summed E-state index contributed by atoms with van der Waals surface area (Å²) in [7, 11) is 0. The van der Waals surface area contributed by atoms with E-state index in [1.165, 1.54) is 0 Å². The zero-order valence-corrected chi connectivity index (χ0v) is 7.36. The first-order valence-electron chi connectivity index (χ1n) is 3.39. The van der Waals surface area contributed by atoms with Gasteiger partial charge in [-0.15, -0.1) is 18.2 Å². The Bertz CT molecular complexity index is 110. The number of allylic oxidation sites excluding steroid dienone is 1. The molecule has 0 radical (unpaired) electrons. The van der Waals surface area contributed by atoms with Gasteiger partial charge in [-0.2, -0.15) is 0 Å². The van der Waals surface area contributed by atoms with Crippen LogP contribution in [-0.2, 0) is 0 Å². The van der Waals surface area contributed by atoms with Crippen LogP contribution in [0.4, 0.5) is 0 Å². The van der Waals surface area contributed by atoms with Gasteiger partial charge >= 0.3 is 0 Å². The highest BCUT2D eigenvalue weighted by Gasteiger charge is 2.17. The van der Waals surface area contributed by atoms with Gasteiger partial charge in [-0.1, -0.05) is 19.9 Å². The fraction of sp³-hybridized carbons (Fsp3) is 0.750. The monoisotopic (exact) mass is 162 g/mol. The molecule has 0 aliphatic heterocycles. The third kappa shape index (κ3) is 3.91. The standard InChI is InChI=1S/C8H15ClO/c1-4-8(2,3)5-7(10)6-9/h4,7,10H,1,5-6H2,2-3H3. The van der Waals surface area contributed by atoms with Crippen LogP contribution in [-0.4, -0.2) is 17.1 Å². The minimum Gasteiger partial charge on any atom is -0.392 e. The summed E-state index contributed by atoms with van der Waals surface area (Å²) in [6.45, 7) is 7.71. The van der Waals surface area contributed by atoms with Gasteiger partial charge in [-0.3, -0.25) is 0 Å². The molecule has 0 aliphatic carbocycles. The predicted molar refractivity (Wildman–Crippen MR) is 45.3 cm³/mol. The Balaban J connectivity index is 3.75. The van der Waals surface area contributed by atoms with Crippen molar-refractivity contribution in [3.8, 4) is 0 Å². The zero-order valence-electron chi connectivity index (χ0n) is 6.60. The van der Waals surface area contributed by atoms with E-state index >= 15 is 0 Å². The molecule has 1 nitrogen and oxygen atoms in total. The number of aliphatic hydroxyl groups is 1. The molecule has 0 spiro atoms. The number of aliphatic hydroxyl groups excluding tert-OH is 1. The molecule has 0 rings (SSSR count). The topological polar surface area (TPSA) is 20.2 Å². The highest BCUT2D eigenvalue weighted by molar-refractivity contribution is 6.18. The van der Waals surface area contributed by atoms with Crippen molar-refractivity contribution < 1.29 is 5.11 Å². The molecule has 0 fully saturated rings. The largest absolute Gasteiger partial charge is 0.392 e. The normalized spacial score (nSPS) is 14.8. The van der Waals surface area contributed by atoms with Crippen molar-refractivity contribution >= 4 is 11.6 Å². The van der Waals surface area contributed by atoms with Crippen LogP contribution in [0.15, 0.2) is 12.7 Å². The number of halogens is 1. The molecule has 0 saturated heterocycles. The Labute approximate surface area is 67.7 Å². The Kier molecular flexibility index (Phi) is 3.99. The summed E-state index contributed by atoms with van der Waals surface area (Å²) in [6, 6.07) is 0. The van der Waals surface area contributed by atoms with E-state index in [9.17, 15) is 0 Å². The van der Waals surface area contributed by atoms with E-state index in [2.05, 4.69) is 6.58 Å². The summed E-state index contributed by atoms with van der Waals surface area (Å²) in [5, 5.41) is 9.14. The van der Waals surface area contributed by atoms with E-state index in [4.69, 9.17) is 16.7 Å². The first kappa shape index (κ1) is 9.99. The van der Waals surface area contributed by atoms with E-state index in [0.29, 0.717) is 12.3 Å². The molecular weight excluding hydrogens is 148 g/mol. The lowest BCUT2D eigenvalue weighted by Gasteiger charge is -2.21. The maximum absolute atomic E-state index is 9.14. The van der Waals surface area contributed by atoms with Crippen LogP contribution < -0.4 is 0 Å². The summed E-state index contributed by atoms with van der Waals surface area (Å²) in [5.74, 6) is 0.303. The molecule has 1 N–H and O–H groups in total. The maximum Gasteiger partial charge on any atom is 0.0683 e. The van der Waals surface area contributed by atoms with Crippen molar-refractivity contribution in [1.29, 1.82) is 0 Å². The summed E-state index contributed by atoms with van der Waals surface area (Å²) >= 11 is 5.43. The molecule has 0 saturated carbocycles. The molecule has 1 atom stereocenters. The van der Waals surface area contributed by atoms with E-state index in [1.807, 2.05) is 19.9 Å². The third-order valence-electron chi connectivity index (χ3n) is 1.49. The van der Waals surface area contributed by atoms with E-state index in [0.717, 1.165) is 0 Å². The van der Waals surface area contributed by atoms with Crippen molar-refractivity contribution in [3.05, 3.63) is 12.7 Å². The van der Waals surface area contributed by atoms with Crippen LogP contribution in [0.3, 0.4) is 0 Å². The predicted octanol–water partition coefficient (Wildman–Crippen LogP) is 2.19. The number of rotatable bonds is 4. The molecule has 0 aliphatic rings. The first-order chi connectivity index (χ1) is 4.52. The smallest absolute Gasteiger partial charge is 0.0683 e. The molecule has 2 heteroatoms. The van der Waals surface area contributed by atoms with E-state index < -0.39 is 6.10 Å². The number of hydrogen-bond donors (Lipinski definition) is 1. The molecule has 0 bridgehead atoms. The molecule has 0 aromatic carbocycles. The maximum atomic E-state index is 9.14. The molecule has 0 heterocycles. The quantitative estimate of drug-likeness (QED) is 0.497.